The summed E-state index contributed by atoms with van der Waals surface area (Å²) in [6, 6.07) is 23.5. The van der Waals surface area contributed by atoms with E-state index in [9.17, 15) is 9.59 Å². The molecule has 0 bridgehead atoms. The van der Waals surface area contributed by atoms with Crippen molar-refractivity contribution in [2.24, 2.45) is 5.92 Å². The average Bonchev–Trinajstić information content (AvgIpc) is 3.49. The van der Waals surface area contributed by atoms with E-state index < -0.39 is 0 Å². The van der Waals surface area contributed by atoms with Crippen LogP contribution in [0.2, 0.25) is 0 Å². The number of amides is 2. The molecule has 0 aliphatic carbocycles. The van der Waals surface area contributed by atoms with Gasteiger partial charge in [-0.3, -0.25) is 14.6 Å². The number of rotatable bonds is 9. The molecule has 0 spiro atoms. The molecule has 4 aromatic rings. The number of hydrogen-bond acceptors (Lipinski definition) is 7. The first-order chi connectivity index (χ1) is 21.5. The second kappa shape index (κ2) is 15.4. The lowest BCUT2D eigenvalue weighted by molar-refractivity contribution is -0.132. The van der Waals surface area contributed by atoms with Crippen LogP contribution in [0.15, 0.2) is 83.5 Å². The predicted molar refractivity (Wildman–Crippen MR) is 171 cm³/mol. The molecule has 230 valence electrons. The van der Waals surface area contributed by atoms with Gasteiger partial charge in [0.15, 0.2) is 0 Å². The van der Waals surface area contributed by atoms with Crippen LogP contribution >= 0.6 is 0 Å². The summed E-state index contributed by atoms with van der Waals surface area (Å²) in [7, 11) is 0. The van der Waals surface area contributed by atoms with Crippen molar-refractivity contribution in [2.75, 3.05) is 37.6 Å². The topological polar surface area (TPSA) is 95.7 Å². The van der Waals surface area contributed by atoms with Gasteiger partial charge in [0.2, 0.25) is 23.5 Å². The normalized spacial score (nSPS) is 14.7. The molecular formula is C35H42N6O3. The Morgan fingerprint density at radius 2 is 1.68 bits per heavy atom. The van der Waals surface area contributed by atoms with E-state index in [4.69, 9.17) is 4.52 Å². The van der Waals surface area contributed by atoms with Crippen molar-refractivity contribution in [3.8, 4) is 11.5 Å². The summed E-state index contributed by atoms with van der Waals surface area (Å²) in [6.45, 7) is 8.76. The largest absolute Gasteiger partial charge is 0.339 e. The first-order valence-corrected chi connectivity index (χ1v) is 15.6. The summed E-state index contributed by atoms with van der Waals surface area (Å²) in [6.07, 6.45) is 4.36. The van der Waals surface area contributed by atoms with E-state index in [1.165, 1.54) is 0 Å². The number of pyridine rings is 1. The summed E-state index contributed by atoms with van der Waals surface area (Å²) in [5, 5.41) is 4.05. The van der Waals surface area contributed by atoms with Crippen LogP contribution < -0.4 is 4.90 Å². The van der Waals surface area contributed by atoms with E-state index >= 15 is 0 Å². The van der Waals surface area contributed by atoms with Gasteiger partial charge in [0.25, 0.3) is 0 Å². The van der Waals surface area contributed by atoms with E-state index in [1.54, 1.807) is 6.20 Å². The summed E-state index contributed by atoms with van der Waals surface area (Å²) in [5.74, 6) is 1.60. The number of nitrogens with zero attached hydrogens (tertiary/aromatic N) is 6. The van der Waals surface area contributed by atoms with Crippen molar-refractivity contribution in [3.05, 3.63) is 96.0 Å². The monoisotopic (exact) mass is 594 g/mol. The lowest BCUT2D eigenvalue weighted by Gasteiger charge is -2.29. The Balaban J connectivity index is 1.31. The average molecular weight is 595 g/mol. The summed E-state index contributed by atoms with van der Waals surface area (Å²) in [4.78, 5) is 42.5. The predicted octanol–water partition coefficient (Wildman–Crippen LogP) is 5.42. The fourth-order valence-corrected chi connectivity index (χ4v) is 5.68. The van der Waals surface area contributed by atoms with Gasteiger partial charge in [0.05, 0.1) is 6.42 Å². The fraction of sp³-hybridized carbons (Fsp3) is 0.400. The van der Waals surface area contributed by atoms with Gasteiger partial charge >= 0.3 is 0 Å². The van der Waals surface area contributed by atoms with Crippen LogP contribution in [0.25, 0.3) is 11.5 Å². The highest BCUT2D eigenvalue weighted by atomic mass is 16.5. The second-order valence-electron chi connectivity index (χ2n) is 11.8. The third-order valence-corrected chi connectivity index (χ3v) is 7.80. The Labute approximate surface area is 259 Å². The van der Waals surface area contributed by atoms with Crippen LogP contribution in [-0.4, -0.2) is 69.5 Å². The van der Waals surface area contributed by atoms with Crippen molar-refractivity contribution < 1.29 is 14.1 Å². The zero-order valence-corrected chi connectivity index (χ0v) is 25.8. The minimum atomic E-state index is 0.0702. The lowest BCUT2D eigenvalue weighted by Crippen LogP contribution is -2.40. The number of hydrogen-bond donors (Lipinski definition) is 0. The van der Waals surface area contributed by atoms with Gasteiger partial charge in [-0.1, -0.05) is 73.6 Å². The van der Waals surface area contributed by atoms with Crippen molar-refractivity contribution in [1.82, 2.24) is 24.9 Å². The highest BCUT2D eigenvalue weighted by molar-refractivity contribution is 5.95. The molecule has 0 N–H and O–H groups in total. The zero-order chi connectivity index (χ0) is 30.7. The van der Waals surface area contributed by atoms with Gasteiger partial charge < -0.3 is 19.2 Å². The maximum absolute atomic E-state index is 13.7. The van der Waals surface area contributed by atoms with Gasteiger partial charge in [-0.05, 0) is 54.6 Å². The third kappa shape index (κ3) is 8.60. The van der Waals surface area contributed by atoms with Gasteiger partial charge in [-0.25, -0.2) is 0 Å². The Hall–Kier alpha value is -4.37. The van der Waals surface area contributed by atoms with Gasteiger partial charge in [0, 0.05) is 57.4 Å². The molecule has 9 nitrogen and oxygen atoms in total. The van der Waals surface area contributed by atoms with Crippen LogP contribution in [0, 0.1) is 5.92 Å². The first kappa shape index (κ1) is 31.1. The SMILES string of the molecule is CC(C)CN1CCCN(C(=O)Cc2ccccc2)c2ccccc2CN(C(=O)CCCc2nc(-c3ccccn3)no2)CC1. The molecule has 0 atom stereocenters. The van der Waals surface area contributed by atoms with Crippen molar-refractivity contribution in [2.45, 2.75) is 52.5 Å². The van der Waals surface area contributed by atoms with Gasteiger partial charge in [-0.2, -0.15) is 4.98 Å². The Morgan fingerprint density at radius 3 is 2.48 bits per heavy atom. The number of aromatic nitrogens is 3. The molecule has 9 heteroatoms. The minimum Gasteiger partial charge on any atom is -0.339 e. The van der Waals surface area contributed by atoms with E-state index in [-0.39, 0.29) is 11.8 Å². The van der Waals surface area contributed by atoms with Crippen LogP contribution in [0.3, 0.4) is 0 Å². The number of carbonyl (C=O) groups excluding carboxylic acids is 2. The molecule has 2 amide bonds. The van der Waals surface area contributed by atoms with Crippen LogP contribution in [-0.2, 0) is 29.0 Å². The molecule has 3 heterocycles. The zero-order valence-electron chi connectivity index (χ0n) is 25.8. The highest BCUT2D eigenvalue weighted by Gasteiger charge is 2.24. The molecule has 0 radical (unpaired) electrons. The maximum Gasteiger partial charge on any atom is 0.231 e. The molecule has 1 aliphatic rings. The standard InChI is InChI=1S/C35H42N6O3/c1-27(2)25-39-20-11-21-41(34(43)24-28-12-4-3-5-13-28)31-16-7-6-14-29(31)26-40(23-22-39)33(42)18-10-17-32-37-35(38-44-32)30-15-8-9-19-36-30/h3-9,12-16,19,27H,10-11,17-18,20-26H2,1-2H3. The molecule has 2 aromatic heterocycles. The molecule has 1 aliphatic heterocycles. The van der Waals surface area contributed by atoms with Crippen LogP contribution in [0.5, 0.6) is 0 Å². The minimum absolute atomic E-state index is 0.0702. The van der Waals surface area contributed by atoms with Gasteiger partial charge in [-0.15, -0.1) is 0 Å². The molecule has 44 heavy (non-hydrogen) atoms. The second-order valence-corrected chi connectivity index (χ2v) is 11.8. The van der Waals surface area contributed by atoms with Crippen LogP contribution in [0.1, 0.15) is 50.1 Å². The Kier molecular flexibility index (Phi) is 10.9. The van der Waals surface area contributed by atoms with Crippen molar-refractivity contribution >= 4 is 17.5 Å². The lowest BCUT2D eigenvalue weighted by atomic mass is 10.1. The van der Waals surface area contributed by atoms with E-state index in [1.807, 2.05) is 82.6 Å². The maximum atomic E-state index is 13.7. The smallest absolute Gasteiger partial charge is 0.231 e. The number of carbonyl (C=O) groups is 2. The molecular weight excluding hydrogens is 552 g/mol. The fourth-order valence-electron chi connectivity index (χ4n) is 5.68. The van der Waals surface area contributed by atoms with E-state index in [2.05, 4.69) is 33.9 Å². The quantitative estimate of drug-likeness (QED) is 0.255. The number of para-hydroxylation sites is 1. The Bertz CT molecular complexity index is 1490. The molecule has 0 fully saturated rings. The molecule has 5 rings (SSSR count). The number of aryl methyl sites for hydroxylation is 1. The summed E-state index contributed by atoms with van der Waals surface area (Å²) >= 11 is 0. The third-order valence-electron chi connectivity index (χ3n) is 7.80. The molecule has 2 aromatic carbocycles. The van der Waals surface area contributed by atoms with Crippen LogP contribution in [0.4, 0.5) is 5.69 Å². The summed E-state index contributed by atoms with van der Waals surface area (Å²) in [5.41, 5.74) is 3.52. The number of fused-ring (bicyclic) bond motifs is 1. The first-order valence-electron chi connectivity index (χ1n) is 15.6. The van der Waals surface area contributed by atoms with Crippen molar-refractivity contribution in [1.29, 1.82) is 0 Å². The Morgan fingerprint density at radius 1 is 0.886 bits per heavy atom. The van der Waals surface area contributed by atoms with E-state index in [0.29, 0.717) is 68.6 Å². The van der Waals surface area contributed by atoms with Crippen molar-refractivity contribution in [3.63, 3.8) is 0 Å². The van der Waals surface area contributed by atoms with Gasteiger partial charge in [0.1, 0.15) is 5.69 Å². The van der Waals surface area contributed by atoms with E-state index in [0.717, 1.165) is 42.9 Å². The number of benzene rings is 2. The summed E-state index contributed by atoms with van der Waals surface area (Å²) < 4.78 is 5.43. The molecule has 0 saturated heterocycles. The number of anilines is 1. The molecule has 0 saturated carbocycles. The molecule has 0 unspecified atom stereocenters. The highest BCUT2D eigenvalue weighted by Crippen LogP contribution is 2.25.